The predicted octanol–water partition coefficient (Wildman–Crippen LogP) is 3.14. The maximum Gasteiger partial charge on any atom is 0.435 e. The van der Waals surface area contributed by atoms with Crippen molar-refractivity contribution in [2.45, 2.75) is 38.5 Å². The van der Waals surface area contributed by atoms with E-state index < -0.39 is 11.9 Å². The van der Waals surface area contributed by atoms with E-state index in [1.807, 2.05) is 19.1 Å². The van der Waals surface area contributed by atoms with Crippen LogP contribution in [0.25, 0.3) is 5.69 Å². The van der Waals surface area contributed by atoms with Crippen molar-refractivity contribution < 1.29 is 18.3 Å². The zero-order valence-corrected chi connectivity index (χ0v) is 12.8. The molecule has 0 aliphatic heterocycles. The maximum absolute atomic E-state index is 12.6. The van der Waals surface area contributed by atoms with E-state index in [2.05, 4.69) is 10.4 Å². The van der Waals surface area contributed by atoms with Crippen molar-refractivity contribution in [1.82, 2.24) is 15.1 Å². The average molecular weight is 327 g/mol. The standard InChI is InChI=1S/C16H20F3N3O/c1-2-13(8-10-23)20-11-12-3-5-14(6-4-12)22-9-7-15(21-22)16(17,18)19/h3-7,9,13,20,23H,2,8,10-11H2,1H3. The number of aromatic nitrogens is 2. The number of alkyl halides is 3. The highest BCUT2D eigenvalue weighted by molar-refractivity contribution is 5.34. The van der Waals surface area contributed by atoms with E-state index in [4.69, 9.17) is 5.11 Å². The number of rotatable bonds is 7. The first-order chi connectivity index (χ1) is 10.9. The third-order valence-electron chi connectivity index (χ3n) is 3.65. The SMILES string of the molecule is CCC(CCO)NCc1ccc(-n2ccc(C(F)(F)F)n2)cc1. The molecule has 0 spiro atoms. The number of aliphatic hydroxyl groups is 1. The van der Waals surface area contributed by atoms with Crippen LogP contribution in [0, 0.1) is 0 Å². The molecule has 126 valence electrons. The molecule has 2 rings (SSSR count). The fraction of sp³-hybridized carbons (Fsp3) is 0.438. The molecule has 7 heteroatoms. The minimum absolute atomic E-state index is 0.144. The van der Waals surface area contributed by atoms with Crippen molar-refractivity contribution >= 4 is 0 Å². The van der Waals surface area contributed by atoms with Crippen LogP contribution in [0.3, 0.4) is 0 Å². The van der Waals surface area contributed by atoms with E-state index >= 15 is 0 Å². The van der Waals surface area contributed by atoms with Crippen molar-refractivity contribution in [1.29, 1.82) is 0 Å². The molecule has 0 bridgehead atoms. The second kappa shape index (κ2) is 7.61. The molecule has 0 amide bonds. The number of hydrogen-bond donors (Lipinski definition) is 2. The van der Waals surface area contributed by atoms with Crippen LogP contribution in [-0.4, -0.2) is 27.5 Å². The van der Waals surface area contributed by atoms with Gasteiger partial charge in [-0.25, -0.2) is 4.68 Å². The van der Waals surface area contributed by atoms with Gasteiger partial charge in [0.05, 0.1) is 5.69 Å². The molecule has 1 atom stereocenters. The van der Waals surface area contributed by atoms with Crippen LogP contribution in [0.1, 0.15) is 31.0 Å². The summed E-state index contributed by atoms with van der Waals surface area (Å²) in [5.41, 5.74) is 0.693. The van der Waals surface area contributed by atoms with Gasteiger partial charge in [-0.1, -0.05) is 19.1 Å². The lowest BCUT2D eigenvalue weighted by atomic mass is 10.1. The van der Waals surface area contributed by atoms with Gasteiger partial charge in [-0.05, 0) is 36.6 Å². The Morgan fingerprint density at radius 3 is 2.43 bits per heavy atom. The second-order valence-electron chi connectivity index (χ2n) is 5.31. The average Bonchev–Trinajstić information content (AvgIpc) is 3.02. The van der Waals surface area contributed by atoms with Gasteiger partial charge in [0.15, 0.2) is 5.69 Å². The Balaban J connectivity index is 2.00. The number of aliphatic hydroxyl groups excluding tert-OH is 1. The Labute approximate surface area is 132 Å². The lowest BCUT2D eigenvalue weighted by Gasteiger charge is -2.15. The predicted molar refractivity (Wildman–Crippen MR) is 81.2 cm³/mol. The summed E-state index contributed by atoms with van der Waals surface area (Å²) < 4.78 is 38.9. The van der Waals surface area contributed by atoms with Crippen LogP contribution < -0.4 is 5.32 Å². The van der Waals surface area contributed by atoms with Crippen molar-refractivity contribution in [3.8, 4) is 5.69 Å². The summed E-state index contributed by atoms with van der Waals surface area (Å²) in [6.45, 7) is 2.84. The molecule has 2 N–H and O–H groups in total. The minimum Gasteiger partial charge on any atom is -0.396 e. The van der Waals surface area contributed by atoms with Gasteiger partial charge in [-0.3, -0.25) is 0 Å². The lowest BCUT2D eigenvalue weighted by Crippen LogP contribution is -2.28. The first kappa shape index (κ1) is 17.5. The molecule has 0 saturated heterocycles. The van der Waals surface area contributed by atoms with Crippen LogP contribution in [0.4, 0.5) is 13.2 Å². The van der Waals surface area contributed by atoms with Crippen molar-refractivity contribution in [3.05, 3.63) is 47.8 Å². The molecule has 1 unspecified atom stereocenters. The van der Waals surface area contributed by atoms with E-state index in [1.165, 1.54) is 10.9 Å². The van der Waals surface area contributed by atoms with E-state index in [9.17, 15) is 13.2 Å². The highest BCUT2D eigenvalue weighted by Crippen LogP contribution is 2.27. The van der Waals surface area contributed by atoms with Crippen molar-refractivity contribution in [2.75, 3.05) is 6.61 Å². The van der Waals surface area contributed by atoms with Crippen molar-refractivity contribution in [3.63, 3.8) is 0 Å². The highest BCUT2D eigenvalue weighted by atomic mass is 19.4. The molecule has 1 aromatic heterocycles. The Bertz CT molecular complexity index is 608. The summed E-state index contributed by atoms with van der Waals surface area (Å²) >= 11 is 0. The molecule has 0 radical (unpaired) electrons. The van der Waals surface area contributed by atoms with E-state index in [1.54, 1.807) is 12.1 Å². The van der Waals surface area contributed by atoms with Crippen LogP contribution >= 0.6 is 0 Å². The van der Waals surface area contributed by atoms with Crippen molar-refractivity contribution in [2.24, 2.45) is 0 Å². The quantitative estimate of drug-likeness (QED) is 0.821. The Hall–Kier alpha value is -1.86. The number of hydrogen-bond acceptors (Lipinski definition) is 3. The fourth-order valence-electron chi connectivity index (χ4n) is 2.25. The Kier molecular flexibility index (Phi) is 5.79. The molecule has 1 aromatic carbocycles. The summed E-state index contributed by atoms with van der Waals surface area (Å²) in [5, 5.41) is 15.8. The van der Waals surface area contributed by atoms with E-state index in [-0.39, 0.29) is 12.6 Å². The third-order valence-corrected chi connectivity index (χ3v) is 3.65. The number of benzene rings is 1. The molecular formula is C16H20F3N3O. The Morgan fingerprint density at radius 1 is 1.22 bits per heavy atom. The monoisotopic (exact) mass is 327 g/mol. The smallest absolute Gasteiger partial charge is 0.396 e. The Morgan fingerprint density at radius 2 is 1.91 bits per heavy atom. The van der Waals surface area contributed by atoms with Crippen LogP contribution in [-0.2, 0) is 12.7 Å². The zero-order valence-electron chi connectivity index (χ0n) is 12.8. The summed E-state index contributed by atoms with van der Waals surface area (Å²) in [5.74, 6) is 0. The summed E-state index contributed by atoms with van der Waals surface area (Å²) in [4.78, 5) is 0. The van der Waals surface area contributed by atoms with Gasteiger partial charge in [0, 0.05) is 25.4 Å². The molecule has 23 heavy (non-hydrogen) atoms. The van der Waals surface area contributed by atoms with Gasteiger partial charge in [-0.2, -0.15) is 18.3 Å². The first-order valence-corrected chi connectivity index (χ1v) is 7.50. The fourth-order valence-corrected chi connectivity index (χ4v) is 2.25. The van der Waals surface area contributed by atoms with Gasteiger partial charge in [0.25, 0.3) is 0 Å². The number of nitrogens with one attached hydrogen (secondary N) is 1. The summed E-state index contributed by atoms with van der Waals surface area (Å²) in [6, 6.07) is 8.37. The molecule has 4 nitrogen and oxygen atoms in total. The van der Waals surface area contributed by atoms with E-state index in [0.717, 1.165) is 18.1 Å². The lowest BCUT2D eigenvalue weighted by molar-refractivity contribution is -0.141. The van der Waals surface area contributed by atoms with Crippen LogP contribution in [0.15, 0.2) is 36.5 Å². The van der Waals surface area contributed by atoms with Gasteiger partial charge >= 0.3 is 6.18 Å². The number of nitrogens with zero attached hydrogens (tertiary/aromatic N) is 2. The van der Waals surface area contributed by atoms with Gasteiger partial charge in [0.2, 0.25) is 0 Å². The summed E-state index contributed by atoms with van der Waals surface area (Å²) in [7, 11) is 0. The van der Waals surface area contributed by atoms with Gasteiger partial charge < -0.3 is 10.4 Å². The molecule has 2 aromatic rings. The molecular weight excluding hydrogens is 307 g/mol. The molecule has 0 aliphatic carbocycles. The second-order valence-corrected chi connectivity index (χ2v) is 5.31. The zero-order chi connectivity index (χ0) is 16.9. The number of halogens is 3. The normalized spacial score (nSPS) is 13.3. The van der Waals surface area contributed by atoms with Gasteiger partial charge in [0.1, 0.15) is 0 Å². The van der Waals surface area contributed by atoms with Crippen LogP contribution in [0.5, 0.6) is 0 Å². The maximum atomic E-state index is 12.6. The topological polar surface area (TPSA) is 50.1 Å². The minimum atomic E-state index is -4.43. The largest absolute Gasteiger partial charge is 0.435 e. The van der Waals surface area contributed by atoms with Crippen LogP contribution in [0.2, 0.25) is 0 Å². The van der Waals surface area contributed by atoms with Gasteiger partial charge in [-0.15, -0.1) is 0 Å². The molecule has 0 saturated carbocycles. The highest BCUT2D eigenvalue weighted by Gasteiger charge is 2.33. The molecule has 1 heterocycles. The summed E-state index contributed by atoms with van der Waals surface area (Å²) in [6.07, 6.45) is -1.52. The third kappa shape index (κ3) is 4.80. The molecule has 0 fully saturated rings. The van der Waals surface area contributed by atoms with E-state index in [0.29, 0.717) is 18.7 Å². The molecule has 0 aliphatic rings. The first-order valence-electron chi connectivity index (χ1n) is 7.50.